The van der Waals surface area contributed by atoms with Crippen LogP contribution in [0, 0.1) is 0 Å². The first-order chi connectivity index (χ1) is 14.6. The van der Waals surface area contributed by atoms with E-state index in [1.807, 2.05) is 66.7 Å². The first-order valence-electron chi connectivity index (χ1n) is 10.0. The topological polar surface area (TPSA) is 58.6 Å². The van der Waals surface area contributed by atoms with Crippen LogP contribution in [0.1, 0.15) is 34.0 Å². The van der Waals surface area contributed by atoms with Gasteiger partial charge in [-0.3, -0.25) is 9.59 Å². The summed E-state index contributed by atoms with van der Waals surface area (Å²) in [4.78, 5) is 26.0. The monoisotopic (exact) mass is 400 g/mol. The molecule has 2 amide bonds. The number of hydrogen-bond acceptors (Lipinski definition) is 3. The summed E-state index contributed by atoms with van der Waals surface area (Å²) in [6, 6.07) is 23.3. The van der Waals surface area contributed by atoms with Crippen molar-refractivity contribution in [2.45, 2.75) is 26.5 Å². The van der Waals surface area contributed by atoms with Crippen molar-refractivity contribution >= 4 is 17.5 Å². The van der Waals surface area contributed by atoms with Gasteiger partial charge in [-0.05, 0) is 53.4 Å². The lowest BCUT2D eigenvalue weighted by molar-refractivity contribution is -0.116. The van der Waals surface area contributed by atoms with Gasteiger partial charge in [-0.25, -0.2) is 0 Å². The molecule has 0 radical (unpaired) electrons. The summed E-state index contributed by atoms with van der Waals surface area (Å²) in [5, 5.41) is 2.97. The number of anilines is 1. The quantitative estimate of drug-likeness (QED) is 0.678. The Balaban J connectivity index is 1.36. The first-order valence-corrected chi connectivity index (χ1v) is 10.0. The van der Waals surface area contributed by atoms with Crippen molar-refractivity contribution in [3.63, 3.8) is 0 Å². The third-order valence-electron chi connectivity index (χ3n) is 5.22. The third-order valence-corrected chi connectivity index (χ3v) is 5.22. The van der Waals surface area contributed by atoms with E-state index in [-0.39, 0.29) is 11.8 Å². The molecule has 1 heterocycles. The van der Waals surface area contributed by atoms with Crippen LogP contribution in [0.25, 0.3) is 0 Å². The highest BCUT2D eigenvalue weighted by Crippen LogP contribution is 2.29. The maximum Gasteiger partial charge on any atom is 0.251 e. The predicted octanol–water partition coefficient (Wildman–Crippen LogP) is 4.10. The molecule has 30 heavy (non-hydrogen) atoms. The van der Waals surface area contributed by atoms with Crippen molar-refractivity contribution in [1.29, 1.82) is 0 Å². The molecule has 0 atom stereocenters. The Morgan fingerprint density at radius 3 is 2.57 bits per heavy atom. The Bertz CT molecular complexity index is 1060. The Labute approximate surface area is 176 Å². The maximum absolute atomic E-state index is 12.6. The Hall–Kier alpha value is -3.60. The molecule has 0 saturated carbocycles. The molecular formula is C25H24N2O3. The van der Waals surface area contributed by atoms with E-state index in [2.05, 4.69) is 5.32 Å². The smallest absolute Gasteiger partial charge is 0.251 e. The van der Waals surface area contributed by atoms with E-state index >= 15 is 0 Å². The van der Waals surface area contributed by atoms with Crippen LogP contribution in [0.15, 0.2) is 72.8 Å². The number of amides is 2. The third kappa shape index (κ3) is 4.51. The van der Waals surface area contributed by atoms with Crippen LogP contribution in [0.5, 0.6) is 5.75 Å². The van der Waals surface area contributed by atoms with E-state index < -0.39 is 0 Å². The molecule has 1 aliphatic heterocycles. The summed E-state index contributed by atoms with van der Waals surface area (Å²) in [6.45, 7) is 3.15. The highest BCUT2D eigenvalue weighted by Gasteiger charge is 2.23. The number of rotatable bonds is 6. The van der Waals surface area contributed by atoms with Crippen molar-refractivity contribution in [3.8, 4) is 5.75 Å². The van der Waals surface area contributed by atoms with E-state index in [4.69, 9.17) is 4.74 Å². The van der Waals surface area contributed by atoms with Crippen LogP contribution in [-0.4, -0.2) is 18.4 Å². The number of hydrogen-bond donors (Lipinski definition) is 1. The minimum atomic E-state index is -0.130. The Kier molecular flexibility index (Phi) is 5.80. The van der Waals surface area contributed by atoms with Crippen molar-refractivity contribution in [3.05, 3.63) is 95.1 Å². The number of carbonyl (C=O) groups excluding carboxylic acids is 2. The number of ether oxygens (including phenoxy) is 1. The number of nitrogens with one attached hydrogen (secondary N) is 1. The Morgan fingerprint density at radius 1 is 0.967 bits per heavy atom. The van der Waals surface area contributed by atoms with Crippen molar-refractivity contribution in [1.82, 2.24) is 5.32 Å². The van der Waals surface area contributed by atoms with Crippen LogP contribution >= 0.6 is 0 Å². The van der Waals surface area contributed by atoms with Crippen LogP contribution in [-0.2, 0) is 24.4 Å². The minimum absolute atomic E-state index is 0.0281. The van der Waals surface area contributed by atoms with Gasteiger partial charge < -0.3 is 15.0 Å². The molecule has 0 saturated heterocycles. The molecule has 1 N–H and O–H groups in total. The minimum Gasteiger partial charge on any atom is -0.489 e. The molecule has 3 aromatic rings. The molecule has 0 unspecified atom stereocenters. The van der Waals surface area contributed by atoms with Gasteiger partial charge in [0, 0.05) is 31.3 Å². The molecular weight excluding hydrogens is 376 g/mol. The molecule has 0 aliphatic carbocycles. The molecule has 0 fully saturated rings. The molecule has 152 valence electrons. The molecule has 0 aromatic heterocycles. The van der Waals surface area contributed by atoms with Gasteiger partial charge >= 0.3 is 0 Å². The summed E-state index contributed by atoms with van der Waals surface area (Å²) in [5.41, 5.74) is 4.63. The molecule has 0 bridgehead atoms. The number of fused-ring (bicyclic) bond motifs is 1. The summed E-state index contributed by atoms with van der Waals surface area (Å²) in [5.74, 6) is 0.669. The summed E-state index contributed by atoms with van der Waals surface area (Å²) in [7, 11) is 0. The van der Waals surface area contributed by atoms with Crippen molar-refractivity contribution < 1.29 is 14.3 Å². The largest absolute Gasteiger partial charge is 0.489 e. The highest BCUT2D eigenvalue weighted by atomic mass is 16.5. The van der Waals surface area contributed by atoms with Gasteiger partial charge in [0.05, 0.1) is 0 Å². The lowest BCUT2D eigenvalue weighted by atomic mass is 10.1. The standard InChI is InChI=1S/C25H24N2O3/c1-18(28)27-13-12-21-15-22(10-11-24(21)27)25(29)26-16-20-8-5-9-23(14-20)30-17-19-6-3-2-4-7-19/h2-11,14-15H,12-13,16-17H2,1H3,(H,26,29). The van der Waals surface area contributed by atoms with E-state index in [0.29, 0.717) is 25.3 Å². The van der Waals surface area contributed by atoms with Gasteiger partial charge in [-0.2, -0.15) is 0 Å². The zero-order chi connectivity index (χ0) is 20.9. The zero-order valence-electron chi connectivity index (χ0n) is 16.9. The molecule has 5 nitrogen and oxygen atoms in total. The number of benzene rings is 3. The van der Waals surface area contributed by atoms with Gasteiger partial charge in [0.1, 0.15) is 12.4 Å². The maximum atomic E-state index is 12.6. The van der Waals surface area contributed by atoms with Crippen LogP contribution < -0.4 is 15.0 Å². The average Bonchev–Trinajstić information content (AvgIpc) is 3.21. The van der Waals surface area contributed by atoms with Crippen LogP contribution in [0.3, 0.4) is 0 Å². The molecule has 0 spiro atoms. The van der Waals surface area contributed by atoms with E-state index in [1.54, 1.807) is 17.9 Å². The molecule has 1 aliphatic rings. The predicted molar refractivity (Wildman–Crippen MR) is 117 cm³/mol. The second kappa shape index (κ2) is 8.82. The van der Waals surface area contributed by atoms with Crippen molar-refractivity contribution in [2.75, 3.05) is 11.4 Å². The number of carbonyl (C=O) groups is 2. The summed E-state index contributed by atoms with van der Waals surface area (Å²) >= 11 is 0. The second-order valence-electron chi connectivity index (χ2n) is 7.37. The number of nitrogens with zero attached hydrogens (tertiary/aromatic N) is 1. The normalized spacial score (nSPS) is 12.4. The Morgan fingerprint density at radius 2 is 1.77 bits per heavy atom. The van der Waals surface area contributed by atoms with Gasteiger partial charge in [0.15, 0.2) is 0 Å². The van der Waals surface area contributed by atoms with Crippen LogP contribution in [0.2, 0.25) is 0 Å². The van der Waals surface area contributed by atoms with E-state index in [9.17, 15) is 9.59 Å². The van der Waals surface area contributed by atoms with Gasteiger partial charge in [-0.1, -0.05) is 42.5 Å². The first kappa shape index (κ1) is 19.7. The molecule has 3 aromatic carbocycles. The lowest BCUT2D eigenvalue weighted by Crippen LogP contribution is -2.26. The SMILES string of the molecule is CC(=O)N1CCc2cc(C(=O)NCc3cccc(OCc4ccccc4)c3)ccc21. The molecule has 4 rings (SSSR count). The van der Waals surface area contributed by atoms with Gasteiger partial charge in [-0.15, -0.1) is 0 Å². The van der Waals surface area contributed by atoms with E-state index in [1.165, 1.54) is 0 Å². The summed E-state index contributed by atoms with van der Waals surface area (Å²) < 4.78 is 5.86. The van der Waals surface area contributed by atoms with E-state index in [0.717, 1.165) is 34.5 Å². The zero-order valence-corrected chi connectivity index (χ0v) is 16.9. The van der Waals surface area contributed by atoms with Crippen molar-refractivity contribution in [2.24, 2.45) is 0 Å². The fourth-order valence-electron chi connectivity index (χ4n) is 3.64. The highest BCUT2D eigenvalue weighted by molar-refractivity contribution is 5.97. The van der Waals surface area contributed by atoms with Gasteiger partial charge in [0.2, 0.25) is 5.91 Å². The second-order valence-corrected chi connectivity index (χ2v) is 7.37. The summed E-state index contributed by atoms with van der Waals surface area (Å²) in [6.07, 6.45) is 0.775. The fourth-order valence-corrected chi connectivity index (χ4v) is 3.64. The van der Waals surface area contributed by atoms with Gasteiger partial charge in [0.25, 0.3) is 5.91 Å². The fraction of sp³-hybridized carbons (Fsp3) is 0.200. The lowest BCUT2D eigenvalue weighted by Gasteiger charge is -2.15. The average molecular weight is 400 g/mol. The van der Waals surface area contributed by atoms with Crippen LogP contribution in [0.4, 0.5) is 5.69 Å². The molecule has 5 heteroatoms.